The summed E-state index contributed by atoms with van der Waals surface area (Å²) >= 11 is 14.7. The number of nitrogens with zero attached hydrogens (tertiary/aromatic N) is 2. The number of thioether (sulfide) groups is 2. The van der Waals surface area contributed by atoms with Gasteiger partial charge in [-0.3, -0.25) is 9.59 Å². The van der Waals surface area contributed by atoms with Crippen LogP contribution in [0.15, 0.2) is 56.0 Å². The molecule has 0 aliphatic heterocycles. The number of hydrogen-bond donors (Lipinski definition) is 4. The molecule has 6 nitrogen and oxygen atoms in total. The van der Waals surface area contributed by atoms with E-state index in [-0.39, 0.29) is 52.1 Å². The summed E-state index contributed by atoms with van der Waals surface area (Å²) in [5, 5.41) is 9.06. The van der Waals surface area contributed by atoms with Crippen LogP contribution < -0.4 is 29.6 Å². The van der Waals surface area contributed by atoms with Gasteiger partial charge in [0, 0.05) is 53.5 Å². The SMILES string of the molecule is CN(C)C(=O)Sc1cc(CO)cc(SC(=O)N(C)C)c1.SCc1cc(S)cc(S)c1.[Na+].[OH-]. The standard InChI is InChI=1S/C13H18N2O3S2.C7H8S3.Na.H2O/c1-14(2)12(17)19-10-5-9(8-16)6-11(7-10)20-13(18)15(3)4;8-4-5-1-6(9)3-7(10)2-5;;/h5-7,16H,8H2,1-4H3;1-3,8-10H,4H2;;1H2/q;;+1;/p-1. The summed E-state index contributed by atoms with van der Waals surface area (Å²) in [5.41, 5.74) is 1.83. The van der Waals surface area contributed by atoms with E-state index in [0.29, 0.717) is 15.4 Å². The molecule has 0 aliphatic rings. The van der Waals surface area contributed by atoms with Gasteiger partial charge in [-0.2, -0.15) is 12.6 Å². The predicted molar refractivity (Wildman–Crippen MR) is 138 cm³/mol. The van der Waals surface area contributed by atoms with Gasteiger partial charge in [-0.1, -0.05) is 0 Å². The van der Waals surface area contributed by atoms with Gasteiger partial charge in [-0.15, -0.1) is 25.3 Å². The molecule has 0 fully saturated rings. The zero-order chi connectivity index (χ0) is 22.8. The monoisotopic (exact) mass is 542 g/mol. The summed E-state index contributed by atoms with van der Waals surface area (Å²) in [5.74, 6) is 0.738. The normalized spacial score (nSPS) is 9.50. The molecule has 0 aliphatic carbocycles. The molecule has 172 valence electrons. The minimum absolute atomic E-state index is 0. The van der Waals surface area contributed by atoms with Crippen LogP contribution in [0.3, 0.4) is 0 Å². The molecular weight excluding hydrogens is 516 g/mol. The average Bonchev–Trinajstić information content (AvgIpc) is 2.67. The van der Waals surface area contributed by atoms with E-state index >= 15 is 0 Å². The third-order valence-corrected chi connectivity index (χ3v) is 6.31. The average molecular weight is 543 g/mol. The van der Waals surface area contributed by atoms with Gasteiger partial charge in [-0.25, -0.2) is 0 Å². The molecule has 0 bridgehead atoms. The summed E-state index contributed by atoms with van der Waals surface area (Å²) < 4.78 is 0. The topological polar surface area (TPSA) is 90.9 Å². The van der Waals surface area contributed by atoms with E-state index in [9.17, 15) is 14.7 Å². The van der Waals surface area contributed by atoms with Crippen LogP contribution in [0.5, 0.6) is 0 Å². The van der Waals surface area contributed by atoms with Crippen molar-refractivity contribution in [2.45, 2.75) is 31.9 Å². The van der Waals surface area contributed by atoms with Gasteiger partial charge in [0.25, 0.3) is 10.5 Å². The summed E-state index contributed by atoms with van der Waals surface area (Å²) in [4.78, 5) is 29.7. The molecule has 0 spiro atoms. The minimum atomic E-state index is -0.131. The Bertz CT molecular complexity index is 825. The van der Waals surface area contributed by atoms with Crippen LogP contribution in [-0.4, -0.2) is 59.1 Å². The molecule has 0 saturated heterocycles. The first kappa shape index (κ1) is 34.2. The Balaban J connectivity index is 0. The van der Waals surface area contributed by atoms with E-state index in [2.05, 4.69) is 37.9 Å². The summed E-state index contributed by atoms with van der Waals surface area (Å²) in [6.45, 7) is -0.131. The Morgan fingerprint density at radius 3 is 1.53 bits per heavy atom. The summed E-state index contributed by atoms with van der Waals surface area (Å²) in [6.07, 6.45) is 0. The molecular formula is C20H27N2NaO4S5. The van der Waals surface area contributed by atoms with Crippen LogP contribution in [0, 0.1) is 0 Å². The van der Waals surface area contributed by atoms with Crippen LogP contribution in [0.2, 0.25) is 0 Å². The quantitative estimate of drug-likeness (QED) is 0.269. The Labute approximate surface area is 237 Å². The van der Waals surface area contributed by atoms with Gasteiger partial charge in [0.15, 0.2) is 0 Å². The molecule has 0 radical (unpaired) electrons. The van der Waals surface area contributed by atoms with Crippen molar-refractivity contribution in [1.29, 1.82) is 0 Å². The maximum Gasteiger partial charge on any atom is 1.00 e. The molecule has 2 aromatic carbocycles. The van der Waals surface area contributed by atoms with E-state index in [1.165, 1.54) is 9.80 Å². The van der Waals surface area contributed by atoms with Gasteiger partial charge < -0.3 is 20.4 Å². The number of aliphatic hydroxyl groups is 1. The molecule has 0 atom stereocenters. The molecule has 2 aromatic rings. The van der Waals surface area contributed by atoms with E-state index in [4.69, 9.17) is 0 Å². The van der Waals surface area contributed by atoms with Crippen molar-refractivity contribution in [3.8, 4) is 0 Å². The molecule has 2 N–H and O–H groups in total. The molecule has 32 heavy (non-hydrogen) atoms. The zero-order valence-electron chi connectivity index (χ0n) is 18.6. The number of aliphatic hydroxyl groups excluding tert-OH is 1. The maximum absolute atomic E-state index is 11.7. The second-order valence-electron chi connectivity index (χ2n) is 6.51. The fourth-order valence-corrected chi connectivity index (χ4v) is 4.50. The van der Waals surface area contributed by atoms with Crippen LogP contribution in [-0.2, 0) is 12.4 Å². The van der Waals surface area contributed by atoms with Crippen molar-refractivity contribution in [2.24, 2.45) is 0 Å². The Hall–Kier alpha value is 0.0500. The van der Waals surface area contributed by atoms with Crippen LogP contribution in [0.4, 0.5) is 9.59 Å². The van der Waals surface area contributed by atoms with E-state index < -0.39 is 0 Å². The van der Waals surface area contributed by atoms with E-state index in [0.717, 1.165) is 44.6 Å². The summed E-state index contributed by atoms with van der Waals surface area (Å²) in [7, 11) is 6.71. The van der Waals surface area contributed by atoms with E-state index in [1.807, 2.05) is 18.2 Å². The molecule has 0 heterocycles. The fourth-order valence-electron chi connectivity index (χ4n) is 1.97. The first-order chi connectivity index (χ1) is 14.0. The second-order valence-corrected chi connectivity index (χ2v) is 9.91. The fraction of sp³-hybridized carbons (Fsp3) is 0.300. The van der Waals surface area contributed by atoms with Crippen LogP contribution >= 0.6 is 61.4 Å². The van der Waals surface area contributed by atoms with Gasteiger partial charge in [0.2, 0.25) is 0 Å². The molecule has 0 saturated carbocycles. The molecule has 2 rings (SSSR count). The third kappa shape index (κ3) is 13.1. The number of thiol groups is 3. The third-order valence-electron chi connectivity index (χ3n) is 3.41. The Kier molecular flexibility index (Phi) is 18.7. The van der Waals surface area contributed by atoms with Crippen molar-refractivity contribution in [3.63, 3.8) is 0 Å². The largest absolute Gasteiger partial charge is 1.00 e. The van der Waals surface area contributed by atoms with Crippen LogP contribution in [0.1, 0.15) is 11.1 Å². The Morgan fingerprint density at radius 1 is 0.812 bits per heavy atom. The van der Waals surface area contributed by atoms with Crippen molar-refractivity contribution < 1.29 is 49.7 Å². The number of benzene rings is 2. The van der Waals surface area contributed by atoms with Crippen molar-refractivity contribution in [2.75, 3.05) is 28.2 Å². The first-order valence-corrected chi connectivity index (χ1v) is 11.9. The molecule has 12 heteroatoms. The smallest absolute Gasteiger partial charge is 0.870 e. The van der Waals surface area contributed by atoms with Gasteiger partial charge in [0.1, 0.15) is 0 Å². The van der Waals surface area contributed by atoms with Crippen molar-refractivity contribution >= 4 is 71.9 Å². The number of carbonyl (C=O) groups excluding carboxylic acids is 2. The zero-order valence-corrected chi connectivity index (χ0v) is 25.0. The Morgan fingerprint density at radius 2 is 1.22 bits per heavy atom. The molecule has 2 amide bonds. The maximum atomic E-state index is 11.7. The molecule has 0 unspecified atom stereocenters. The number of hydrogen-bond acceptors (Lipinski definition) is 9. The summed E-state index contributed by atoms with van der Waals surface area (Å²) in [6, 6.07) is 11.1. The number of carbonyl (C=O) groups is 2. The number of amides is 2. The van der Waals surface area contributed by atoms with Gasteiger partial charge in [0.05, 0.1) is 6.61 Å². The van der Waals surface area contributed by atoms with Gasteiger partial charge in [-0.05, 0) is 71.0 Å². The number of rotatable bonds is 4. The van der Waals surface area contributed by atoms with Gasteiger partial charge >= 0.3 is 29.6 Å². The van der Waals surface area contributed by atoms with Crippen molar-refractivity contribution in [3.05, 3.63) is 47.5 Å². The second kappa shape index (κ2) is 17.5. The van der Waals surface area contributed by atoms with Crippen LogP contribution in [0.25, 0.3) is 0 Å². The predicted octanol–water partition coefficient (Wildman–Crippen LogP) is 2.25. The van der Waals surface area contributed by atoms with E-state index in [1.54, 1.807) is 46.4 Å². The minimum Gasteiger partial charge on any atom is -0.870 e. The van der Waals surface area contributed by atoms with Crippen molar-refractivity contribution in [1.82, 2.24) is 9.80 Å². The molecule has 0 aromatic heterocycles. The first-order valence-electron chi connectivity index (χ1n) is 8.71.